The van der Waals surface area contributed by atoms with Gasteiger partial charge in [0.2, 0.25) is 0 Å². The van der Waals surface area contributed by atoms with E-state index in [0.717, 1.165) is 23.3 Å². The molecular weight excluding hydrogens is 252 g/mol. The number of hydrogen-bond donors (Lipinski definition) is 2. The van der Waals surface area contributed by atoms with Crippen molar-refractivity contribution in [1.82, 2.24) is 5.43 Å². The highest BCUT2D eigenvalue weighted by molar-refractivity contribution is 5.44. The standard InChI is InChI=1S/C16H24N2O2/c1-19-13-8-7-10(9-14(13)20-2)16(18-17)15-11-5-3-4-6-12(11)15/h7-9,11-12,15-16,18H,3-6,17H2,1-2H3. The summed E-state index contributed by atoms with van der Waals surface area (Å²) in [6.45, 7) is 0. The average molecular weight is 276 g/mol. The summed E-state index contributed by atoms with van der Waals surface area (Å²) in [5, 5.41) is 0. The zero-order valence-corrected chi connectivity index (χ0v) is 12.3. The van der Waals surface area contributed by atoms with Gasteiger partial charge in [-0.1, -0.05) is 18.9 Å². The molecule has 0 heterocycles. The zero-order chi connectivity index (χ0) is 14.1. The highest BCUT2D eigenvalue weighted by atomic mass is 16.5. The molecule has 2 aliphatic carbocycles. The van der Waals surface area contributed by atoms with Gasteiger partial charge in [-0.25, -0.2) is 0 Å². The molecule has 0 amide bonds. The molecule has 3 atom stereocenters. The van der Waals surface area contributed by atoms with Crippen molar-refractivity contribution in [2.24, 2.45) is 23.6 Å². The Morgan fingerprint density at radius 3 is 2.30 bits per heavy atom. The number of benzene rings is 1. The minimum atomic E-state index is 0.225. The van der Waals surface area contributed by atoms with Gasteiger partial charge in [0.1, 0.15) is 0 Å². The monoisotopic (exact) mass is 276 g/mol. The first-order valence-electron chi connectivity index (χ1n) is 7.48. The molecule has 20 heavy (non-hydrogen) atoms. The second-order valence-corrected chi connectivity index (χ2v) is 5.95. The molecule has 0 radical (unpaired) electrons. The van der Waals surface area contributed by atoms with Crippen molar-refractivity contribution in [3.8, 4) is 11.5 Å². The molecule has 0 aliphatic heterocycles. The topological polar surface area (TPSA) is 56.5 Å². The van der Waals surface area contributed by atoms with E-state index >= 15 is 0 Å². The van der Waals surface area contributed by atoms with Crippen LogP contribution in [-0.4, -0.2) is 14.2 Å². The number of hydrogen-bond acceptors (Lipinski definition) is 4. The van der Waals surface area contributed by atoms with E-state index in [0.29, 0.717) is 5.92 Å². The first-order chi connectivity index (χ1) is 9.80. The number of nitrogens with two attached hydrogens (primary N) is 1. The van der Waals surface area contributed by atoms with E-state index in [4.69, 9.17) is 15.3 Å². The van der Waals surface area contributed by atoms with Crippen molar-refractivity contribution < 1.29 is 9.47 Å². The minimum Gasteiger partial charge on any atom is -0.493 e. The van der Waals surface area contributed by atoms with Crippen molar-refractivity contribution in [2.75, 3.05) is 14.2 Å². The van der Waals surface area contributed by atoms with Crippen LogP contribution in [0.1, 0.15) is 37.3 Å². The Balaban J connectivity index is 1.83. The Hall–Kier alpha value is -1.26. The fourth-order valence-corrected chi connectivity index (χ4v) is 4.02. The Kier molecular flexibility index (Phi) is 3.85. The molecular formula is C16H24N2O2. The van der Waals surface area contributed by atoms with Gasteiger partial charge in [0.15, 0.2) is 11.5 Å². The van der Waals surface area contributed by atoms with E-state index < -0.39 is 0 Å². The lowest BCUT2D eigenvalue weighted by molar-refractivity contribution is 0.353. The second-order valence-electron chi connectivity index (χ2n) is 5.95. The Morgan fingerprint density at radius 2 is 1.75 bits per heavy atom. The third kappa shape index (κ3) is 2.27. The SMILES string of the molecule is COc1ccc(C(NN)C2C3CCCCC32)cc1OC. The largest absolute Gasteiger partial charge is 0.493 e. The summed E-state index contributed by atoms with van der Waals surface area (Å²) in [4.78, 5) is 0. The van der Waals surface area contributed by atoms with E-state index in [2.05, 4.69) is 11.5 Å². The third-order valence-electron chi connectivity index (χ3n) is 5.05. The average Bonchev–Trinajstić information content (AvgIpc) is 3.22. The molecule has 0 saturated heterocycles. The Bertz CT molecular complexity index is 466. The molecule has 2 saturated carbocycles. The molecule has 0 bridgehead atoms. The molecule has 110 valence electrons. The predicted molar refractivity (Wildman–Crippen MR) is 78.5 cm³/mol. The van der Waals surface area contributed by atoms with Crippen LogP contribution in [0.25, 0.3) is 0 Å². The predicted octanol–water partition coefficient (Wildman–Crippen LogP) is 2.64. The van der Waals surface area contributed by atoms with Gasteiger partial charge in [0.05, 0.1) is 14.2 Å². The molecule has 0 aromatic heterocycles. The molecule has 0 spiro atoms. The smallest absolute Gasteiger partial charge is 0.161 e. The minimum absolute atomic E-state index is 0.225. The van der Waals surface area contributed by atoms with Crippen molar-refractivity contribution in [3.63, 3.8) is 0 Å². The van der Waals surface area contributed by atoms with Crippen molar-refractivity contribution >= 4 is 0 Å². The summed E-state index contributed by atoms with van der Waals surface area (Å²) >= 11 is 0. The molecule has 1 aromatic carbocycles. The van der Waals surface area contributed by atoms with Crippen LogP contribution in [0.3, 0.4) is 0 Å². The maximum Gasteiger partial charge on any atom is 0.161 e. The van der Waals surface area contributed by atoms with Crippen LogP contribution in [0.4, 0.5) is 0 Å². The van der Waals surface area contributed by atoms with Crippen LogP contribution in [0, 0.1) is 17.8 Å². The molecule has 3 unspecified atom stereocenters. The lowest BCUT2D eigenvalue weighted by Crippen LogP contribution is -2.30. The van der Waals surface area contributed by atoms with Crippen LogP contribution in [0.5, 0.6) is 11.5 Å². The summed E-state index contributed by atoms with van der Waals surface area (Å²) in [5.74, 6) is 9.78. The highest BCUT2D eigenvalue weighted by Gasteiger charge is 2.54. The fraction of sp³-hybridized carbons (Fsp3) is 0.625. The molecule has 4 nitrogen and oxygen atoms in total. The number of hydrazine groups is 1. The van der Waals surface area contributed by atoms with Gasteiger partial charge in [-0.3, -0.25) is 11.3 Å². The van der Waals surface area contributed by atoms with Gasteiger partial charge in [0.25, 0.3) is 0 Å². The number of ether oxygens (including phenoxy) is 2. The van der Waals surface area contributed by atoms with Crippen LogP contribution in [0.2, 0.25) is 0 Å². The number of rotatable bonds is 5. The summed E-state index contributed by atoms with van der Waals surface area (Å²) in [6.07, 6.45) is 5.48. The van der Waals surface area contributed by atoms with Gasteiger partial charge < -0.3 is 9.47 Å². The number of methoxy groups -OCH3 is 2. The highest BCUT2D eigenvalue weighted by Crippen LogP contribution is 2.60. The first-order valence-corrected chi connectivity index (χ1v) is 7.48. The summed E-state index contributed by atoms with van der Waals surface area (Å²) in [5.41, 5.74) is 4.23. The van der Waals surface area contributed by atoms with Crippen LogP contribution in [-0.2, 0) is 0 Å². The fourth-order valence-electron chi connectivity index (χ4n) is 4.02. The number of nitrogens with one attached hydrogen (secondary N) is 1. The summed E-state index contributed by atoms with van der Waals surface area (Å²) in [6, 6.07) is 6.33. The lowest BCUT2D eigenvalue weighted by atomic mass is 10.00. The number of fused-ring (bicyclic) bond motifs is 1. The van der Waals surface area contributed by atoms with Gasteiger partial charge in [-0.05, 0) is 48.3 Å². The molecule has 1 aromatic rings. The van der Waals surface area contributed by atoms with Crippen molar-refractivity contribution in [2.45, 2.75) is 31.7 Å². The van der Waals surface area contributed by atoms with E-state index in [9.17, 15) is 0 Å². The maximum absolute atomic E-state index is 5.84. The lowest BCUT2D eigenvalue weighted by Gasteiger charge is -2.18. The van der Waals surface area contributed by atoms with Gasteiger partial charge in [-0.2, -0.15) is 0 Å². The second kappa shape index (κ2) is 5.62. The quantitative estimate of drug-likeness (QED) is 0.641. The van der Waals surface area contributed by atoms with Crippen molar-refractivity contribution in [1.29, 1.82) is 0 Å². The normalized spacial score (nSPS) is 29.4. The van der Waals surface area contributed by atoms with E-state index in [1.165, 1.54) is 31.2 Å². The Morgan fingerprint density at radius 1 is 1.10 bits per heavy atom. The van der Waals surface area contributed by atoms with Crippen LogP contribution < -0.4 is 20.7 Å². The van der Waals surface area contributed by atoms with E-state index in [1.54, 1.807) is 14.2 Å². The van der Waals surface area contributed by atoms with Crippen LogP contribution >= 0.6 is 0 Å². The van der Waals surface area contributed by atoms with Crippen LogP contribution in [0.15, 0.2) is 18.2 Å². The van der Waals surface area contributed by atoms with E-state index in [1.807, 2.05) is 12.1 Å². The molecule has 3 rings (SSSR count). The molecule has 2 aliphatic rings. The van der Waals surface area contributed by atoms with Crippen molar-refractivity contribution in [3.05, 3.63) is 23.8 Å². The van der Waals surface area contributed by atoms with Gasteiger partial charge in [-0.15, -0.1) is 0 Å². The van der Waals surface area contributed by atoms with Gasteiger partial charge >= 0.3 is 0 Å². The molecule has 4 heteroatoms. The van der Waals surface area contributed by atoms with Gasteiger partial charge in [0, 0.05) is 6.04 Å². The molecule has 2 fully saturated rings. The summed E-state index contributed by atoms with van der Waals surface area (Å²) in [7, 11) is 3.33. The molecule has 3 N–H and O–H groups in total. The zero-order valence-electron chi connectivity index (χ0n) is 12.3. The van der Waals surface area contributed by atoms with E-state index in [-0.39, 0.29) is 6.04 Å². The first kappa shape index (κ1) is 13.7. The maximum atomic E-state index is 5.84. The third-order valence-corrected chi connectivity index (χ3v) is 5.05. The Labute approximate surface area is 120 Å². The summed E-state index contributed by atoms with van der Waals surface area (Å²) < 4.78 is 10.7.